The van der Waals surface area contributed by atoms with E-state index >= 15 is 0 Å². The largest absolute Gasteiger partial charge is 0.371 e. The van der Waals surface area contributed by atoms with E-state index < -0.39 is 0 Å². The first-order valence-corrected chi connectivity index (χ1v) is 13.6. The van der Waals surface area contributed by atoms with Crippen LogP contribution < -0.4 is 9.80 Å². The highest BCUT2D eigenvalue weighted by Crippen LogP contribution is 2.53. The SMILES string of the molecule is C[C@@H]1C(C)(C)Cc2c(ccc3c2CCc2c-3cc(N3CCCC3)cc2N2CCCC2)C1(C)C. The molecule has 2 fully saturated rings. The van der Waals surface area contributed by atoms with Crippen molar-refractivity contribution in [2.45, 2.75) is 85.0 Å². The minimum atomic E-state index is 0.227. The van der Waals surface area contributed by atoms with Crippen LogP contribution in [0.15, 0.2) is 24.3 Å². The molecule has 0 unspecified atom stereocenters. The smallest absolute Gasteiger partial charge is 0.0425 e. The monoisotopic (exact) mass is 442 g/mol. The molecule has 0 spiro atoms. The third kappa shape index (κ3) is 3.27. The molecule has 2 heterocycles. The van der Waals surface area contributed by atoms with Gasteiger partial charge >= 0.3 is 0 Å². The molecule has 0 radical (unpaired) electrons. The fraction of sp³-hybridized carbons (Fsp3) is 0.613. The van der Waals surface area contributed by atoms with E-state index in [0.29, 0.717) is 11.3 Å². The summed E-state index contributed by atoms with van der Waals surface area (Å²) in [6, 6.07) is 10.1. The van der Waals surface area contributed by atoms with Crippen LogP contribution in [-0.2, 0) is 24.7 Å². The third-order valence-electron chi connectivity index (χ3n) is 10.1. The fourth-order valence-electron chi connectivity index (χ4n) is 7.65. The molecule has 0 amide bonds. The van der Waals surface area contributed by atoms with E-state index in [0.717, 1.165) is 0 Å². The maximum absolute atomic E-state index is 2.69. The first-order chi connectivity index (χ1) is 15.8. The van der Waals surface area contributed by atoms with Crippen molar-refractivity contribution >= 4 is 11.4 Å². The normalized spacial score (nSPS) is 25.1. The summed E-state index contributed by atoms with van der Waals surface area (Å²) >= 11 is 0. The highest BCUT2D eigenvalue weighted by atomic mass is 15.2. The molecule has 0 bridgehead atoms. The van der Waals surface area contributed by atoms with Crippen LogP contribution in [-0.4, -0.2) is 26.2 Å². The lowest BCUT2D eigenvalue weighted by Gasteiger charge is -2.50. The molecule has 2 aromatic rings. The van der Waals surface area contributed by atoms with Gasteiger partial charge in [0.2, 0.25) is 0 Å². The summed E-state index contributed by atoms with van der Waals surface area (Å²) in [7, 11) is 0. The lowest BCUT2D eigenvalue weighted by molar-refractivity contribution is 0.125. The van der Waals surface area contributed by atoms with E-state index in [2.05, 4.69) is 68.7 Å². The molecule has 176 valence electrons. The molecule has 2 heteroatoms. The van der Waals surface area contributed by atoms with Gasteiger partial charge in [-0.1, -0.05) is 46.8 Å². The zero-order valence-electron chi connectivity index (χ0n) is 21.6. The van der Waals surface area contributed by atoms with Crippen molar-refractivity contribution in [3.05, 3.63) is 46.5 Å². The second kappa shape index (κ2) is 7.52. The second-order valence-corrected chi connectivity index (χ2v) is 12.6. The highest BCUT2D eigenvalue weighted by molar-refractivity contribution is 5.84. The Bertz CT molecular complexity index is 1080. The Morgan fingerprint density at radius 3 is 2.06 bits per heavy atom. The van der Waals surface area contributed by atoms with Crippen molar-refractivity contribution in [1.29, 1.82) is 0 Å². The number of fused-ring (bicyclic) bond motifs is 5. The average Bonchev–Trinajstić information content (AvgIpc) is 3.51. The number of anilines is 2. The van der Waals surface area contributed by atoms with Gasteiger partial charge in [-0.25, -0.2) is 0 Å². The van der Waals surface area contributed by atoms with E-state index in [1.165, 1.54) is 82.4 Å². The number of hydrogen-bond acceptors (Lipinski definition) is 2. The Morgan fingerprint density at radius 1 is 0.727 bits per heavy atom. The highest BCUT2D eigenvalue weighted by Gasteiger charge is 2.45. The summed E-state index contributed by atoms with van der Waals surface area (Å²) in [4.78, 5) is 5.33. The molecular formula is C31H42N2. The Kier molecular flexibility index (Phi) is 4.91. The molecule has 2 aromatic carbocycles. The quantitative estimate of drug-likeness (QED) is 0.487. The number of benzene rings is 2. The first-order valence-electron chi connectivity index (χ1n) is 13.6. The van der Waals surface area contributed by atoms with Crippen LogP contribution in [0.3, 0.4) is 0 Å². The number of nitrogens with zero attached hydrogens (tertiary/aromatic N) is 2. The second-order valence-electron chi connectivity index (χ2n) is 12.6. The van der Waals surface area contributed by atoms with Crippen LogP contribution in [0.1, 0.15) is 82.6 Å². The maximum atomic E-state index is 2.69. The molecule has 2 aliphatic carbocycles. The summed E-state index contributed by atoms with van der Waals surface area (Å²) in [6.07, 6.45) is 8.98. The Morgan fingerprint density at radius 2 is 1.36 bits per heavy atom. The lowest BCUT2D eigenvalue weighted by atomic mass is 9.55. The molecule has 2 nitrogen and oxygen atoms in total. The van der Waals surface area contributed by atoms with Crippen LogP contribution in [0.2, 0.25) is 0 Å². The summed E-state index contributed by atoms with van der Waals surface area (Å²) in [5.74, 6) is 0.676. The van der Waals surface area contributed by atoms with Gasteiger partial charge in [0.1, 0.15) is 0 Å². The summed E-state index contributed by atoms with van der Waals surface area (Å²) in [5, 5.41) is 0. The van der Waals surface area contributed by atoms with Gasteiger partial charge in [-0.3, -0.25) is 0 Å². The Labute approximate surface area is 201 Å². The zero-order chi connectivity index (χ0) is 23.0. The van der Waals surface area contributed by atoms with Crippen LogP contribution in [0.25, 0.3) is 11.1 Å². The van der Waals surface area contributed by atoms with E-state index in [-0.39, 0.29) is 5.41 Å². The predicted molar refractivity (Wildman–Crippen MR) is 142 cm³/mol. The maximum Gasteiger partial charge on any atom is 0.0425 e. The van der Waals surface area contributed by atoms with Crippen LogP contribution in [0.4, 0.5) is 11.4 Å². The predicted octanol–water partition coefficient (Wildman–Crippen LogP) is 7.15. The van der Waals surface area contributed by atoms with Gasteiger partial charge in [-0.2, -0.15) is 0 Å². The van der Waals surface area contributed by atoms with E-state index in [1.807, 2.05) is 0 Å². The van der Waals surface area contributed by atoms with Crippen LogP contribution >= 0.6 is 0 Å². The molecular weight excluding hydrogens is 400 g/mol. The van der Waals surface area contributed by atoms with Crippen LogP contribution in [0, 0.1) is 11.3 Å². The van der Waals surface area contributed by atoms with Gasteiger partial charge in [-0.05, 0) is 107 Å². The summed E-state index contributed by atoms with van der Waals surface area (Å²) in [5.41, 5.74) is 13.2. The van der Waals surface area contributed by atoms with Gasteiger partial charge < -0.3 is 9.80 Å². The van der Waals surface area contributed by atoms with Crippen molar-refractivity contribution in [2.24, 2.45) is 11.3 Å². The van der Waals surface area contributed by atoms with Gasteiger partial charge in [0.25, 0.3) is 0 Å². The molecule has 0 saturated carbocycles. The molecule has 33 heavy (non-hydrogen) atoms. The van der Waals surface area contributed by atoms with Crippen molar-refractivity contribution in [2.75, 3.05) is 36.0 Å². The molecule has 4 aliphatic rings. The van der Waals surface area contributed by atoms with Gasteiger partial charge in [0.05, 0.1) is 0 Å². The lowest BCUT2D eigenvalue weighted by Crippen LogP contribution is -2.44. The number of hydrogen-bond donors (Lipinski definition) is 0. The zero-order valence-corrected chi connectivity index (χ0v) is 21.6. The standard InChI is InChI=1S/C31H42N2/c1-21-30(2,3)20-27-24-10-11-25-26(23(24)12-13-28(27)31(21,4)5)18-22(32-14-6-7-15-32)19-29(25)33-16-8-9-17-33/h12-13,18-19,21H,6-11,14-17,20H2,1-5H3/t21-/m1/s1. The minimum Gasteiger partial charge on any atom is -0.371 e. The molecule has 2 saturated heterocycles. The van der Waals surface area contributed by atoms with Gasteiger partial charge in [0.15, 0.2) is 0 Å². The van der Waals surface area contributed by atoms with Crippen molar-refractivity contribution in [3.63, 3.8) is 0 Å². The van der Waals surface area contributed by atoms with Crippen molar-refractivity contribution < 1.29 is 0 Å². The van der Waals surface area contributed by atoms with E-state index in [4.69, 9.17) is 0 Å². The average molecular weight is 443 g/mol. The fourth-order valence-corrected chi connectivity index (χ4v) is 7.65. The molecule has 0 aromatic heterocycles. The van der Waals surface area contributed by atoms with Crippen molar-refractivity contribution in [1.82, 2.24) is 0 Å². The number of rotatable bonds is 2. The first kappa shape index (κ1) is 21.6. The Balaban J connectivity index is 1.54. The van der Waals surface area contributed by atoms with Gasteiger partial charge in [-0.15, -0.1) is 0 Å². The molecule has 1 atom stereocenters. The minimum absolute atomic E-state index is 0.227. The van der Waals surface area contributed by atoms with E-state index in [9.17, 15) is 0 Å². The van der Waals surface area contributed by atoms with Crippen LogP contribution in [0.5, 0.6) is 0 Å². The van der Waals surface area contributed by atoms with Crippen molar-refractivity contribution in [3.8, 4) is 11.1 Å². The van der Waals surface area contributed by atoms with Gasteiger partial charge in [0, 0.05) is 37.6 Å². The third-order valence-corrected chi connectivity index (χ3v) is 10.1. The summed E-state index contributed by atoms with van der Waals surface area (Å²) in [6.45, 7) is 17.3. The van der Waals surface area contributed by atoms with E-state index in [1.54, 1.807) is 33.5 Å². The molecule has 0 N–H and O–H groups in total. The molecule has 6 rings (SSSR count). The Hall–Kier alpha value is -1.96. The molecule has 2 aliphatic heterocycles. The topological polar surface area (TPSA) is 6.48 Å². The summed E-state index contributed by atoms with van der Waals surface area (Å²) < 4.78 is 0.